The van der Waals surface area contributed by atoms with Crippen LogP contribution in [0.15, 0.2) is 42.5 Å². The van der Waals surface area contributed by atoms with Crippen molar-refractivity contribution in [3.8, 4) is 11.3 Å². The third-order valence-corrected chi connectivity index (χ3v) is 4.16. The van der Waals surface area contributed by atoms with Crippen LogP contribution in [0.3, 0.4) is 0 Å². The highest BCUT2D eigenvalue weighted by molar-refractivity contribution is 5.87. The zero-order chi connectivity index (χ0) is 15.2. The number of H-pyrrole nitrogens is 1. The molecule has 0 fully saturated rings. The number of rotatable bonds is 1. The molecule has 0 unspecified atom stereocenters. The normalized spacial score (nSPS) is 12.0. The summed E-state index contributed by atoms with van der Waals surface area (Å²) in [5.41, 5.74) is 7.88. The summed E-state index contributed by atoms with van der Waals surface area (Å²) in [6.45, 7) is 11.1. The number of fused-ring (bicyclic) bond motifs is 1. The van der Waals surface area contributed by atoms with Crippen LogP contribution in [0.1, 0.15) is 37.5 Å². The van der Waals surface area contributed by atoms with Gasteiger partial charge in [0.15, 0.2) is 0 Å². The average Bonchev–Trinajstić information content (AvgIpc) is 2.79. The van der Waals surface area contributed by atoms with E-state index >= 15 is 0 Å². The Kier molecular flexibility index (Phi) is 3.16. The summed E-state index contributed by atoms with van der Waals surface area (Å²) in [4.78, 5) is 3.55. The third kappa shape index (κ3) is 2.61. The molecular formula is C20H23N. The fraction of sp³-hybridized carbons (Fsp3) is 0.300. The lowest BCUT2D eigenvalue weighted by Crippen LogP contribution is -2.10. The van der Waals surface area contributed by atoms with Crippen molar-refractivity contribution in [2.45, 2.75) is 40.0 Å². The van der Waals surface area contributed by atoms with Crippen molar-refractivity contribution >= 4 is 10.9 Å². The Morgan fingerprint density at radius 3 is 2.29 bits per heavy atom. The van der Waals surface area contributed by atoms with Gasteiger partial charge in [0.25, 0.3) is 0 Å². The van der Waals surface area contributed by atoms with E-state index in [9.17, 15) is 0 Å². The van der Waals surface area contributed by atoms with Gasteiger partial charge in [-0.05, 0) is 48.6 Å². The number of aromatic amines is 1. The van der Waals surface area contributed by atoms with Gasteiger partial charge in [0.2, 0.25) is 0 Å². The Labute approximate surface area is 127 Å². The Morgan fingerprint density at radius 2 is 1.62 bits per heavy atom. The van der Waals surface area contributed by atoms with E-state index in [1.54, 1.807) is 0 Å². The summed E-state index contributed by atoms with van der Waals surface area (Å²) < 4.78 is 0. The van der Waals surface area contributed by atoms with Crippen molar-refractivity contribution in [2.24, 2.45) is 0 Å². The van der Waals surface area contributed by atoms with E-state index in [-0.39, 0.29) is 5.41 Å². The van der Waals surface area contributed by atoms with Crippen molar-refractivity contribution in [2.75, 3.05) is 0 Å². The van der Waals surface area contributed by atoms with Gasteiger partial charge in [-0.2, -0.15) is 0 Å². The van der Waals surface area contributed by atoms with Crippen LogP contribution in [0.2, 0.25) is 0 Å². The summed E-state index contributed by atoms with van der Waals surface area (Å²) in [6.07, 6.45) is 0. The van der Waals surface area contributed by atoms with E-state index in [1.165, 1.54) is 38.9 Å². The van der Waals surface area contributed by atoms with E-state index in [0.29, 0.717) is 0 Å². The van der Waals surface area contributed by atoms with E-state index in [0.717, 1.165) is 0 Å². The molecule has 0 spiro atoms. The van der Waals surface area contributed by atoms with E-state index in [2.05, 4.69) is 82.1 Å². The highest BCUT2D eigenvalue weighted by Crippen LogP contribution is 2.30. The van der Waals surface area contributed by atoms with Crippen LogP contribution in [-0.2, 0) is 5.41 Å². The van der Waals surface area contributed by atoms with Crippen molar-refractivity contribution < 1.29 is 0 Å². The van der Waals surface area contributed by atoms with Gasteiger partial charge in [0.05, 0.1) is 0 Å². The maximum Gasteiger partial charge on any atom is 0.0467 e. The topological polar surface area (TPSA) is 15.8 Å². The minimum atomic E-state index is 0.186. The average molecular weight is 277 g/mol. The fourth-order valence-corrected chi connectivity index (χ4v) is 2.86. The molecule has 1 N–H and O–H groups in total. The Balaban J connectivity index is 2.13. The molecule has 0 aliphatic heterocycles. The minimum Gasteiger partial charge on any atom is -0.355 e. The molecule has 1 heterocycles. The number of aromatic nitrogens is 1. The number of nitrogens with one attached hydrogen (secondary N) is 1. The van der Waals surface area contributed by atoms with Gasteiger partial charge >= 0.3 is 0 Å². The summed E-state index contributed by atoms with van der Waals surface area (Å²) in [5, 5.41) is 1.29. The summed E-state index contributed by atoms with van der Waals surface area (Å²) in [6, 6.07) is 15.6. The molecule has 3 rings (SSSR count). The molecule has 0 atom stereocenters. The predicted octanol–water partition coefficient (Wildman–Crippen LogP) is 5.75. The smallest absolute Gasteiger partial charge is 0.0467 e. The highest BCUT2D eigenvalue weighted by Gasteiger charge is 2.14. The lowest BCUT2D eigenvalue weighted by Gasteiger charge is -2.18. The molecule has 1 nitrogen and oxygen atoms in total. The number of hydrogen-bond acceptors (Lipinski definition) is 0. The molecule has 0 radical (unpaired) electrons. The molecule has 1 aromatic heterocycles. The first-order valence-corrected chi connectivity index (χ1v) is 7.55. The van der Waals surface area contributed by atoms with E-state index in [1.807, 2.05) is 0 Å². The molecule has 2 aromatic carbocycles. The van der Waals surface area contributed by atoms with Gasteiger partial charge in [0, 0.05) is 22.2 Å². The molecule has 0 aliphatic rings. The summed E-state index contributed by atoms with van der Waals surface area (Å²) in [7, 11) is 0. The lowest BCUT2D eigenvalue weighted by molar-refractivity contribution is 0.591. The maximum absolute atomic E-state index is 3.55. The first kappa shape index (κ1) is 13.9. The third-order valence-electron chi connectivity index (χ3n) is 4.16. The maximum atomic E-state index is 3.55. The molecule has 21 heavy (non-hydrogen) atoms. The number of benzene rings is 2. The second-order valence-corrected chi connectivity index (χ2v) is 7.05. The lowest BCUT2D eigenvalue weighted by atomic mass is 9.86. The quantitative estimate of drug-likeness (QED) is 0.583. The second-order valence-electron chi connectivity index (χ2n) is 7.05. The van der Waals surface area contributed by atoms with Gasteiger partial charge in [-0.15, -0.1) is 0 Å². The van der Waals surface area contributed by atoms with Crippen LogP contribution in [0.5, 0.6) is 0 Å². The van der Waals surface area contributed by atoms with Crippen LogP contribution in [0, 0.1) is 13.8 Å². The number of hydrogen-bond donors (Lipinski definition) is 1. The summed E-state index contributed by atoms with van der Waals surface area (Å²) in [5.74, 6) is 0. The van der Waals surface area contributed by atoms with Crippen molar-refractivity contribution in [1.82, 2.24) is 4.98 Å². The Bertz CT molecular complexity index is 800. The highest BCUT2D eigenvalue weighted by atomic mass is 14.7. The van der Waals surface area contributed by atoms with Gasteiger partial charge in [0.1, 0.15) is 0 Å². The van der Waals surface area contributed by atoms with Gasteiger partial charge in [-0.3, -0.25) is 0 Å². The van der Waals surface area contributed by atoms with Crippen LogP contribution >= 0.6 is 0 Å². The van der Waals surface area contributed by atoms with Crippen LogP contribution in [0.4, 0.5) is 0 Å². The molecule has 1 heteroatoms. The molecule has 0 aliphatic carbocycles. The minimum absolute atomic E-state index is 0.186. The SMILES string of the molecule is Cc1ccc(-c2cc3cc(C(C)(C)C)ccc3[nH]2)c(C)c1. The first-order valence-electron chi connectivity index (χ1n) is 7.55. The molecule has 108 valence electrons. The zero-order valence-corrected chi connectivity index (χ0v) is 13.5. The molecule has 3 aromatic rings. The van der Waals surface area contributed by atoms with E-state index in [4.69, 9.17) is 0 Å². The molecule has 0 saturated heterocycles. The fourth-order valence-electron chi connectivity index (χ4n) is 2.86. The van der Waals surface area contributed by atoms with Crippen molar-refractivity contribution in [1.29, 1.82) is 0 Å². The summed E-state index contributed by atoms with van der Waals surface area (Å²) >= 11 is 0. The van der Waals surface area contributed by atoms with E-state index < -0.39 is 0 Å². The Morgan fingerprint density at radius 1 is 0.857 bits per heavy atom. The second kappa shape index (κ2) is 4.77. The largest absolute Gasteiger partial charge is 0.355 e. The van der Waals surface area contributed by atoms with Crippen LogP contribution < -0.4 is 0 Å². The molecule has 0 saturated carbocycles. The van der Waals surface area contributed by atoms with Gasteiger partial charge in [-0.1, -0.05) is 50.6 Å². The van der Waals surface area contributed by atoms with Crippen molar-refractivity contribution in [3.05, 3.63) is 59.2 Å². The zero-order valence-electron chi connectivity index (χ0n) is 13.5. The standard InChI is InChI=1S/C20H23N/c1-13-6-8-17(14(2)10-13)19-12-15-11-16(20(3,4)5)7-9-18(15)21-19/h6-12,21H,1-5H3. The van der Waals surface area contributed by atoms with Crippen LogP contribution in [-0.4, -0.2) is 4.98 Å². The van der Waals surface area contributed by atoms with Crippen LogP contribution in [0.25, 0.3) is 22.2 Å². The van der Waals surface area contributed by atoms with Gasteiger partial charge < -0.3 is 4.98 Å². The molecule has 0 amide bonds. The van der Waals surface area contributed by atoms with Crippen molar-refractivity contribution in [3.63, 3.8) is 0 Å². The first-order chi connectivity index (χ1) is 9.84. The Hall–Kier alpha value is -2.02. The molecular weight excluding hydrogens is 254 g/mol. The van der Waals surface area contributed by atoms with Gasteiger partial charge in [-0.25, -0.2) is 0 Å². The monoisotopic (exact) mass is 277 g/mol. The predicted molar refractivity (Wildman–Crippen MR) is 91.9 cm³/mol. The number of aryl methyl sites for hydroxylation is 2. The molecule has 0 bridgehead atoms.